The lowest BCUT2D eigenvalue weighted by atomic mass is 10.0. The molecule has 0 amide bonds. The van der Waals surface area contributed by atoms with Crippen molar-refractivity contribution >= 4 is 21.8 Å². The fourth-order valence-corrected chi connectivity index (χ4v) is 2.14. The van der Waals surface area contributed by atoms with Crippen molar-refractivity contribution in [2.45, 2.75) is 0 Å². The monoisotopic (exact) mass is 274 g/mol. The Balaban J connectivity index is 2.48. The number of benzene rings is 2. The summed E-state index contributed by atoms with van der Waals surface area (Å²) in [5, 5.41) is 7.36. The van der Waals surface area contributed by atoms with Crippen LogP contribution in [0.2, 0.25) is 0 Å². The SMILES string of the molecule is N=C(N)c1ccc(-c2ccccc2)c(Br)c1. The van der Waals surface area contributed by atoms with E-state index in [4.69, 9.17) is 11.1 Å². The van der Waals surface area contributed by atoms with Crippen LogP contribution in [0.15, 0.2) is 53.0 Å². The van der Waals surface area contributed by atoms with Crippen LogP contribution < -0.4 is 5.73 Å². The van der Waals surface area contributed by atoms with Gasteiger partial charge in [0.15, 0.2) is 0 Å². The minimum atomic E-state index is 0.0836. The first-order chi connectivity index (χ1) is 7.68. The van der Waals surface area contributed by atoms with Gasteiger partial charge in [0.2, 0.25) is 0 Å². The summed E-state index contributed by atoms with van der Waals surface area (Å²) < 4.78 is 0.950. The number of hydrogen-bond donors (Lipinski definition) is 2. The van der Waals surface area contributed by atoms with Gasteiger partial charge in [0, 0.05) is 10.0 Å². The summed E-state index contributed by atoms with van der Waals surface area (Å²) in [5.74, 6) is 0.0836. The van der Waals surface area contributed by atoms with E-state index < -0.39 is 0 Å². The molecule has 80 valence electrons. The first-order valence-electron chi connectivity index (χ1n) is 4.88. The third-order valence-electron chi connectivity index (χ3n) is 2.36. The minimum Gasteiger partial charge on any atom is -0.384 e. The van der Waals surface area contributed by atoms with Gasteiger partial charge in [-0.25, -0.2) is 0 Å². The van der Waals surface area contributed by atoms with Crippen LogP contribution in [-0.2, 0) is 0 Å². The number of rotatable bonds is 2. The second-order valence-corrected chi connectivity index (χ2v) is 4.33. The zero-order valence-corrected chi connectivity index (χ0v) is 10.2. The quantitative estimate of drug-likeness (QED) is 0.640. The highest BCUT2D eigenvalue weighted by molar-refractivity contribution is 9.10. The second-order valence-electron chi connectivity index (χ2n) is 3.47. The van der Waals surface area contributed by atoms with Crippen LogP contribution in [0.25, 0.3) is 11.1 Å². The molecule has 0 radical (unpaired) electrons. The van der Waals surface area contributed by atoms with Gasteiger partial charge in [0.1, 0.15) is 5.84 Å². The highest BCUT2D eigenvalue weighted by atomic mass is 79.9. The third-order valence-corrected chi connectivity index (χ3v) is 3.02. The van der Waals surface area contributed by atoms with Crippen molar-refractivity contribution in [1.82, 2.24) is 0 Å². The predicted molar refractivity (Wildman–Crippen MR) is 70.6 cm³/mol. The number of hydrogen-bond acceptors (Lipinski definition) is 1. The molecule has 0 aliphatic carbocycles. The Hall–Kier alpha value is -1.61. The van der Waals surface area contributed by atoms with E-state index in [0.717, 1.165) is 21.2 Å². The summed E-state index contributed by atoms with van der Waals surface area (Å²) in [5.41, 5.74) is 8.41. The number of nitrogens with two attached hydrogens (primary N) is 1. The van der Waals surface area contributed by atoms with Crippen molar-refractivity contribution in [2.24, 2.45) is 5.73 Å². The molecule has 0 aromatic heterocycles. The molecule has 0 fully saturated rings. The van der Waals surface area contributed by atoms with Crippen LogP contribution in [0.1, 0.15) is 5.56 Å². The molecule has 2 aromatic rings. The molecular formula is C13H11BrN2. The Kier molecular flexibility index (Phi) is 3.06. The molecule has 0 saturated heterocycles. The normalized spacial score (nSPS) is 10.1. The molecule has 0 unspecified atom stereocenters. The largest absolute Gasteiger partial charge is 0.384 e. The highest BCUT2D eigenvalue weighted by Gasteiger charge is 2.04. The van der Waals surface area contributed by atoms with Crippen LogP contribution >= 0.6 is 15.9 Å². The molecule has 2 rings (SSSR count). The van der Waals surface area contributed by atoms with Gasteiger partial charge >= 0.3 is 0 Å². The van der Waals surface area contributed by atoms with Crippen LogP contribution in [0.5, 0.6) is 0 Å². The topological polar surface area (TPSA) is 49.9 Å². The molecule has 0 spiro atoms. The summed E-state index contributed by atoms with van der Waals surface area (Å²) in [6, 6.07) is 15.8. The summed E-state index contributed by atoms with van der Waals surface area (Å²) in [4.78, 5) is 0. The lowest BCUT2D eigenvalue weighted by molar-refractivity contribution is 1.42. The summed E-state index contributed by atoms with van der Waals surface area (Å²) in [7, 11) is 0. The van der Waals surface area contributed by atoms with Crippen LogP contribution in [0.3, 0.4) is 0 Å². The van der Waals surface area contributed by atoms with Gasteiger partial charge in [-0.15, -0.1) is 0 Å². The maximum Gasteiger partial charge on any atom is 0.122 e. The second kappa shape index (κ2) is 4.49. The average Bonchev–Trinajstić information content (AvgIpc) is 2.30. The molecule has 16 heavy (non-hydrogen) atoms. The van der Waals surface area contributed by atoms with E-state index in [9.17, 15) is 0 Å². The van der Waals surface area contributed by atoms with E-state index in [-0.39, 0.29) is 5.84 Å². The molecule has 0 atom stereocenters. The Morgan fingerprint density at radius 3 is 2.31 bits per heavy atom. The lowest BCUT2D eigenvalue weighted by Gasteiger charge is -2.06. The highest BCUT2D eigenvalue weighted by Crippen LogP contribution is 2.28. The number of nitrogens with one attached hydrogen (secondary N) is 1. The van der Waals surface area contributed by atoms with Crippen molar-refractivity contribution in [3.05, 3.63) is 58.6 Å². The molecule has 0 saturated carbocycles. The van der Waals surface area contributed by atoms with E-state index >= 15 is 0 Å². The number of amidine groups is 1. The first-order valence-corrected chi connectivity index (χ1v) is 5.67. The Morgan fingerprint density at radius 2 is 1.75 bits per heavy atom. The van der Waals surface area contributed by atoms with Gasteiger partial charge in [0.25, 0.3) is 0 Å². The van der Waals surface area contributed by atoms with Gasteiger partial charge in [-0.1, -0.05) is 58.4 Å². The number of nitrogen functional groups attached to an aromatic ring is 1. The Labute approximate surface area is 103 Å². The predicted octanol–water partition coefficient (Wildman–Crippen LogP) is 3.40. The van der Waals surface area contributed by atoms with Gasteiger partial charge < -0.3 is 5.73 Å². The Morgan fingerprint density at radius 1 is 1.06 bits per heavy atom. The fourth-order valence-electron chi connectivity index (χ4n) is 1.53. The molecule has 0 bridgehead atoms. The van der Waals surface area contributed by atoms with Gasteiger partial charge in [0.05, 0.1) is 0 Å². The number of halogens is 1. The van der Waals surface area contributed by atoms with Gasteiger partial charge in [-0.3, -0.25) is 5.41 Å². The molecule has 2 nitrogen and oxygen atoms in total. The van der Waals surface area contributed by atoms with Crippen LogP contribution in [0.4, 0.5) is 0 Å². The maximum absolute atomic E-state index is 7.36. The fraction of sp³-hybridized carbons (Fsp3) is 0. The van der Waals surface area contributed by atoms with Crippen molar-refractivity contribution in [2.75, 3.05) is 0 Å². The maximum atomic E-state index is 7.36. The lowest BCUT2D eigenvalue weighted by Crippen LogP contribution is -2.10. The van der Waals surface area contributed by atoms with E-state index in [1.165, 1.54) is 0 Å². The smallest absolute Gasteiger partial charge is 0.122 e. The van der Waals surface area contributed by atoms with Crippen LogP contribution in [-0.4, -0.2) is 5.84 Å². The van der Waals surface area contributed by atoms with Gasteiger partial charge in [-0.05, 0) is 17.2 Å². The van der Waals surface area contributed by atoms with Crippen molar-refractivity contribution in [3.8, 4) is 11.1 Å². The zero-order valence-electron chi connectivity index (χ0n) is 8.57. The van der Waals surface area contributed by atoms with Crippen molar-refractivity contribution in [1.29, 1.82) is 5.41 Å². The average molecular weight is 275 g/mol. The van der Waals surface area contributed by atoms with E-state index in [2.05, 4.69) is 15.9 Å². The zero-order chi connectivity index (χ0) is 11.5. The molecule has 0 aliphatic rings. The Bertz CT molecular complexity index is 521. The summed E-state index contributed by atoms with van der Waals surface area (Å²) >= 11 is 3.50. The molecule has 0 heterocycles. The molecule has 3 N–H and O–H groups in total. The summed E-state index contributed by atoms with van der Waals surface area (Å²) in [6.07, 6.45) is 0. The molecule has 2 aromatic carbocycles. The van der Waals surface area contributed by atoms with Crippen molar-refractivity contribution in [3.63, 3.8) is 0 Å². The molecule has 0 aliphatic heterocycles. The van der Waals surface area contributed by atoms with E-state index in [1.807, 2.05) is 48.5 Å². The van der Waals surface area contributed by atoms with Crippen molar-refractivity contribution < 1.29 is 0 Å². The minimum absolute atomic E-state index is 0.0836. The van der Waals surface area contributed by atoms with E-state index in [1.54, 1.807) is 0 Å². The molecular weight excluding hydrogens is 264 g/mol. The van der Waals surface area contributed by atoms with E-state index in [0.29, 0.717) is 0 Å². The summed E-state index contributed by atoms with van der Waals surface area (Å²) in [6.45, 7) is 0. The third kappa shape index (κ3) is 2.14. The first kappa shape index (κ1) is 10.9. The standard InChI is InChI=1S/C13H11BrN2/c14-12-8-10(13(15)16)6-7-11(12)9-4-2-1-3-5-9/h1-8H,(H3,15,16). The van der Waals surface area contributed by atoms with Gasteiger partial charge in [-0.2, -0.15) is 0 Å². The van der Waals surface area contributed by atoms with Crippen LogP contribution in [0, 0.1) is 5.41 Å². The molecule has 3 heteroatoms.